The van der Waals surface area contributed by atoms with Crippen molar-refractivity contribution in [3.8, 4) is 0 Å². The molecule has 4 aliphatic carbocycles. The number of rotatable bonds is 8. The number of nitrogens with zero attached hydrogens (tertiary/aromatic N) is 1. The van der Waals surface area contributed by atoms with Crippen molar-refractivity contribution in [2.45, 2.75) is 52.4 Å². The highest BCUT2D eigenvalue weighted by atomic mass is 16.6. The van der Waals surface area contributed by atoms with Gasteiger partial charge in [-0.15, -0.1) is 0 Å². The molecule has 4 rings (SSSR count). The standard InChI is InChI=1S/C19H29NO6/c1-3-25-17(21)16(18(22)26-4-2)15(11-20(23)24)19-8-12-5-13(9-19)7-14(6-12)10-19/h12-16H,3-11H2,1-2H3. The quantitative estimate of drug-likeness (QED) is 0.283. The highest BCUT2D eigenvalue weighted by Gasteiger charge is 2.59. The number of ether oxygens (including phenoxy) is 2. The van der Waals surface area contributed by atoms with Gasteiger partial charge in [0.15, 0.2) is 5.92 Å². The Balaban J connectivity index is 1.95. The topological polar surface area (TPSA) is 95.7 Å². The van der Waals surface area contributed by atoms with Crippen LogP contribution in [0.3, 0.4) is 0 Å². The normalized spacial score (nSPS) is 33.1. The molecular weight excluding hydrogens is 338 g/mol. The van der Waals surface area contributed by atoms with Crippen LogP contribution >= 0.6 is 0 Å². The summed E-state index contributed by atoms with van der Waals surface area (Å²) < 4.78 is 10.3. The summed E-state index contributed by atoms with van der Waals surface area (Å²) in [6, 6.07) is 0. The van der Waals surface area contributed by atoms with Crippen LogP contribution in [0.2, 0.25) is 0 Å². The molecule has 7 heteroatoms. The molecule has 0 amide bonds. The zero-order chi connectivity index (χ0) is 18.9. The fourth-order valence-corrected chi connectivity index (χ4v) is 6.33. The Morgan fingerprint density at radius 2 is 1.42 bits per heavy atom. The van der Waals surface area contributed by atoms with Gasteiger partial charge in [0.2, 0.25) is 6.54 Å². The monoisotopic (exact) mass is 367 g/mol. The first-order valence-corrected chi connectivity index (χ1v) is 9.83. The van der Waals surface area contributed by atoms with Crippen LogP contribution in [0.15, 0.2) is 0 Å². The van der Waals surface area contributed by atoms with Crippen molar-refractivity contribution in [2.75, 3.05) is 19.8 Å². The minimum Gasteiger partial charge on any atom is -0.465 e. The van der Waals surface area contributed by atoms with Gasteiger partial charge < -0.3 is 9.47 Å². The summed E-state index contributed by atoms with van der Waals surface area (Å²) in [5, 5.41) is 11.5. The van der Waals surface area contributed by atoms with Crippen molar-refractivity contribution in [2.24, 2.45) is 35.0 Å². The van der Waals surface area contributed by atoms with Crippen LogP contribution in [-0.2, 0) is 19.1 Å². The van der Waals surface area contributed by atoms with E-state index in [1.807, 2.05) is 0 Å². The second-order valence-corrected chi connectivity index (χ2v) is 8.38. The summed E-state index contributed by atoms with van der Waals surface area (Å²) in [6.07, 6.45) is 6.21. The molecule has 0 aromatic rings. The molecule has 1 atom stereocenters. The average molecular weight is 367 g/mol. The Morgan fingerprint density at radius 1 is 1.00 bits per heavy atom. The zero-order valence-corrected chi connectivity index (χ0v) is 15.6. The minimum absolute atomic E-state index is 0.140. The van der Waals surface area contributed by atoms with E-state index in [9.17, 15) is 19.7 Å². The van der Waals surface area contributed by atoms with E-state index in [4.69, 9.17) is 9.47 Å². The summed E-state index contributed by atoms with van der Waals surface area (Å²) in [5.74, 6) is -1.48. The van der Waals surface area contributed by atoms with Gasteiger partial charge in [-0.05, 0) is 75.5 Å². The Bertz CT molecular complexity index is 521. The summed E-state index contributed by atoms with van der Waals surface area (Å²) in [6.45, 7) is 3.25. The van der Waals surface area contributed by atoms with E-state index in [2.05, 4.69) is 0 Å². The van der Waals surface area contributed by atoms with Crippen LogP contribution in [0.5, 0.6) is 0 Å². The lowest BCUT2D eigenvalue weighted by Gasteiger charge is -2.59. The van der Waals surface area contributed by atoms with Crippen LogP contribution in [0.25, 0.3) is 0 Å². The first-order chi connectivity index (χ1) is 12.4. The summed E-state index contributed by atoms with van der Waals surface area (Å²) >= 11 is 0. The van der Waals surface area contributed by atoms with Gasteiger partial charge in [-0.25, -0.2) is 0 Å². The zero-order valence-electron chi connectivity index (χ0n) is 15.6. The molecular formula is C19H29NO6. The lowest BCUT2D eigenvalue weighted by Crippen LogP contribution is -2.55. The maximum Gasteiger partial charge on any atom is 0.320 e. The molecule has 1 unspecified atom stereocenters. The number of hydrogen-bond acceptors (Lipinski definition) is 6. The molecule has 0 aliphatic heterocycles. The van der Waals surface area contributed by atoms with Crippen molar-refractivity contribution in [1.82, 2.24) is 0 Å². The molecule has 0 heterocycles. The number of nitro groups is 1. The van der Waals surface area contributed by atoms with Crippen molar-refractivity contribution in [3.05, 3.63) is 10.1 Å². The molecule has 0 radical (unpaired) electrons. The van der Waals surface area contributed by atoms with E-state index in [1.54, 1.807) is 13.8 Å². The van der Waals surface area contributed by atoms with Crippen LogP contribution in [0, 0.1) is 45.1 Å². The second-order valence-electron chi connectivity index (χ2n) is 8.38. The molecule has 7 nitrogen and oxygen atoms in total. The fourth-order valence-electron chi connectivity index (χ4n) is 6.33. The third-order valence-corrected chi connectivity index (χ3v) is 6.70. The van der Waals surface area contributed by atoms with Gasteiger partial charge in [0.05, 0.1) is 19.1 Å². The Labute approximate surface area is 153 Å². The molecule has 4 aliphatic rings. The molecule has 4 fully saturated rings. The van der Waals surface area contributed by atoms with Gasteiger partial charge in [0.25, 0.3) is 0 Å². The average Bonchev–Trinajstić information content (AvgIpc) is 2.53. The molecule has 0 aromatic heterocycles. The van der Waals surface area contributed by atoms with E-state index >= 15 is 0 Å². The van der Waals surface area contributed by atoms with Crippen molar-refractivity contribution >= 4 is 11.9 Å². The molecule has 0 aromatic carbocycles. The Morgan fingerprint density at radius 3 is 1.77 bits per heavy atom. The van der Waals surface area contributed by atoms with Crippen LogP contribution < -0.4 is 0 Å². The molecule has 146 valence electrons. The summed E-state index contributed by atoms with van der Waals surface area (Å²) in [4.78, 5) is 36.3. The van der Waals surface area contributed by atoms with Gasteiger partial charge in [0.1, 0.15) is 0 Å². The Hall–Kier alpha value is -1.66. The molecule has 4 saturated carbocycles. The second kappa shape index (κ2) is 7.53. The summed E-state index contributed by atoms with van der Waals surface area (Å²) in [5.41, 5.74) is -0.313. The van der Waals surface area contributed by atoms with Crippen molar-refractivity contribution in [1.29, 1.82) is 0 Å². The van der Waals surface area contributed by atoms with Crippen LogP contribution in [-0.4, -0.2) is 36.6 Å². The van der Waals surface area contributed by atoms with Gasteiger partial charge in [-0.1, -0.05) is 0 Å². The minimum atomic E-state index is -1.20. The maximum absolute atomic E-state index is 12.6. The third-order valence-electron chi connectivity index (χ3n) is 6.70. The highest BCUT2D eigenvalue weighted by Crippen LogP contribution is 2.63. The maximum atomic E-state index is 12.6. The Kier molecular flexibility index (Phi) is 5.53. The fraction of sp³-hybridized carbons (Fsp3) is 0.895. The van der Waals surface area contributed by atoms with Crippen molar-refractivity contribution < 1.29 is 24.0 Å². The summed E-state index contributed by atoms with van der Waals surface area (Å²) in [7, 11) is 0. The molecule has 0 spiro atoms. The number of carbonyl (C=O) groups excluding carboxylic acids is 2. The largest absolute Gasteiger partial charge is 0.465 e. The van der Waals surface area contributed by atoms with Gasteiger partial charge in [-0.3, -0.25) is 19.7 Å². The van der Waals surface area contributed by atoms with E-state index < -0.39 is 23.8 Å². The third kappa shape index (κ3) is 3.58. The molecule has 0 N–H and O–H groups in total. The number of carbonyl (C=O) groups is 2. The predicted octanol–water partition coefficient (Wildman–Crippen LogP) is 2.84. The van der Waals surface area contributed by atoms with Gasteiger partial charge in [0, 0.05) is 4.92 Å². The van der Waals surface area contributed by atoms with E-state index in [-0.39, 0.29) is 30.1 Å². The highest BCUT2D eigenvalue weighted by molar-refractivity contribution is 5.95. The molecule has 4 bridgehead atoms. The SMILES string of the molecule is CCOC(=O)C(C(=O)OCC)C(C[N+](=O)[O-])C12CC3CC(CC(C3)C1)C2. The predicted molar refractivity (Wildman–Crippen MR) is 92.7 cm³/mol. The molecule has 0 saturated heterocycles. The van der Waals surface area contributed by atoms with E-state index in [0.717, 1.165) is 19.3 Å². The molecule has 26 heavy (non-hydrogen) atoms. The first kappa shape index (κ1) is 19.1. The smallest absolute Gasteiger partial charge is 0.320 e. The van der Waals surface area contributed by atoms with Crippen molar-refractivity contribution in [3.63, 3.8) is 0 Å². The number of esters is 2. The number of hydrogen-bond donors (Lipinski definition) is 0. The van der Waals surface area contributed by atoms with Crippen LogP contribution in [0.1, 0.15) is 52.4 Å². The van der Waals surface area contributed by atoms with Gasteiger partial charge in [-0.2, -0.15) is 0 Å². The first-order valence-electron chi connectivity index (χ1n) is 9.83. The van der Waals surface area contributed by atoms with Gasteiger partial charge >= 0.3 is 11.9 Å². The van der Waals surface area contributed by atoms with Crippen LogP contribution in [0.4, 0.5) is 0 Å². The lowest BCUT2D eigenvalue weighted by atomic mass is 9.45. The van der Waals surface area contributed by atoms with E-state index in [0.29, 0.717) is 17.8 Å². The van der Waals surface area contributed by atoms with E-state index in [1.165, 1.54) is 19.3 Å². The lowest BCUT2D eigenvalue weighted by molar-refractivity contribution is -0.495.